The quantitative estimate of drug-likeness (QED) is 0.478. The molecule has 0 atom stereocenters. The Balaban J connectivity index is 1.50. The number of anilines is 1. The zero-order chi connectivity index (χ0) is 20.7. The summed E-state index contributed by atoms with van der Waals surface area (Å²) < 4.78 is 13.8. The summed E-state index contributed by atoms with van der Waals surface area (Å²) in [7, 11) is 1.95. The highest BCUT2D eigenvalue weighted by Crippen LogP contribution is 2.33. The highest BCUT2D eigenvalue weighted by Gasteiger charge is 2.28. The van der Waals surface area contributed by atoms with Gasteiger partial charge in [-0.25, -0.2) is 14.5 Å². The fourth-order valence-corrected chi connectivity index (χ4v) is 3.75. The first-order chi connectivity index (χ1) is 14.6. The molecule has 4 aromatic heterocycles. The van der Waals surface area contributed by atoms with Gasteiger partial charge in [-0.1, -0.05) is 0 Å². The van der Waals surface area contributed by atoms with Crippen LogP contribution in [-0.4, -0.2) is 57.0 Å². The summed E-state index contributed by atoms with van der Waals surface area (Å²) in [4.78, 5) is 11.0. The minimum Gasteiger partial charge on any atom is -0.473 e. The molecule has 30 heavy (non-hydrogen) atoms. The van der Waals surface area contributed by atoms with E-state index in [1.165, 1.54) is 0 Å². The summed E-state index contributed by atoms with van der Waals surface area (Å²) in [6, 6.07) is 7.72. The predicted octanol–water partition coefficient (Wildman–Crippen LogP) is 2.22. The molecule has 4 aromatic rings. The van der Waals surface area contributed by atoms with Crippen LogP contribution in [0.25, 0.3) is 28.1 Å². The van der Waals surface area contributed by atoms with Crippen LogP contribution in [0.3, 0.4) is 0 Å². The molecule has 0 amide bonds. The maximum absolute atomic E-state index is 9.12. The van der Waals surface area contributed by atoms with Crippen molar-refractivity contribution in [2.24, 2.45) is 5.73 Å². The lowest BCUT2D eigenvalue weighted by Crippen LogP contribution is -2.43. The Hall–Kier alpha value is -3.17. The number of hydrogen-bond acceptors (Lipinski definition) is 8. The van der Waals surface area contributed by atoms with Crippen molar-refractivity contribution in [1.29, 1.82) is 0 Å². The van der Waals surface area contributed by atoms with E-state index in [4.69, 9.17) is 20.0 Å². The summed E-state index contributed by atoms with van der Waals surface area (Å²) in [5.74, 6) is 2.00. The van der Waals surface area contributed by atoms with Crippen molar-refractivity contribution in [3.8, 4) is 17.3 Å². The van der Waals surface area contributed by atoms with E-state index >= 15 is 0 Å². The molecule has 0 aliphatic heterocycles. The lowest BCUT2D eigenvalue weighted by Gasteiger charge is -2.31. The molecule has 0 spiro atoms. The SMILES string of the molecule is CN(CCCO)c1nccc2oc(-c3cnc4ccc(O[C@H]5C[C@H](N)C5)nn34)cc12. The molecule has 0 bridgehead atoms. The lowest BCUT2D eigenvalue weighted by atomic mass is 9.90. The van der Waals surface area contributed by atoms with Gasteiger partial charge in [0, 0.05) is 38.5 Å². The van der Waals surface area contributed by atoms with Gasteiger partial charge in [0.05, 0.1) is 11.6 Å². The van der Waals surface area contributed by atoms with Gasteiger partial charge in [-0.2, -0.15) is 0 Å². The van der Waals surface area contributed by atoms with Gasteiger partial charge in [0.25, 0.3) is 0 Å². The molecule has 156 valence electrons. The Labute approximate surface area is 173 Å². The second-order valence-corrected chi connectivity index (χ2v) is 7.71. The molecule has 0 aromatic carbocycles. The molecule has 1 saturated carbocycles. The van der Waals surface area contributed by atoms with Gasteiger partial charge in [0.1, 0.15) is 23.2 Å². The monoisotopic (exact) mass is 408 g/mol. The molecule has 9 heteroatoms. The van der Waals surface area contributed by atoms with Crippen LogP contribution in [-0.2, 0) is 0 Å². The highest BCUT2D eigenvalue weighted by atomic mass is 16.5. The third kappa shape index (κ3) is 3.35. The number of aromatic nitrogens is 4. The van der Waals surface area contributed by atoms with Crippen LogP contribution < -0.4 is 15.4 Å². The number of hydrogen-bond donors (Lipinski definition) is 2. The smallest absolute Gasteiger partial charge is 0.232 e. The number of fused-ring (bicyclic) bond motifs is 2. The first-order valence-electron chi connectivity index (χ1n) is 10.1. The third-order valence-electron chi connectivity index (χ3n) is 5.45. The summed E-state index contributed by atoms with van der Waals surface area (Å²) >= 11 is 0. The Morgan fingerprint density at radius 3 is 2.97 bits per heavy atom. The first kappa shape index (κ1) is 18.8. The molecule has 1 fully saturated rings. The van der Waals surface area contributed by atoms with Crippen LogP contribution in [0.4, 0.5) is 5.82 Å². The van der Waals surface area contributed by atoms with Crippen LogP contribution in [0, 0.1) is 0 Å². The number of aliphatic hydroxyl groups is 1. The van der Waals surface area contributed by atoms with Gasteiger partial charge in [-0.05, 0) is 37.5 Å². The molecular weight excluding hydrogens is 384 g/mol. The van der Waals surface area contributed by atoms with Crippen molar-refractivity contribution >= 4 is 22.4 Å². The summed E-state index contributed by atoms with van der Waals surface area (Å²) in [5.41, 5.74) is 8.02. The summed E-state index contributed by atoms with van der Waals surface area (Å²) in [6.07, 6.45) is 5.95. The maximum Gasteiger partial charge on any atom is 0.232 e. The Kier molecular flexibility index (Phi) is 4.76. The molecular formula is C21H24N6O3. The minimum absolute atomic E-state index is 0.117. The average Bonchev–Trinajstić information content (AvgIpc) is 3.34. The molecule has 0 saturated heterocycles. The van der Waals surface area contributed by atoms with Gasteiger partial charge < -0.3 is 24.9 Å². The number of imidazole rings is 1. The van der Waals surface area contributed by atoms with E-state index in [0.29, 0.717) is 30.3 Å². The number of nitrogens with zero attached hydrogens (tertiary/aromatic N) is 5. The van der Waals surface area contributed by atoms with Gasteiger partial charge >= 0.3 is 0 Å². The van der Waals surface area contributed by atoms with Gasteiger partial charge in [0.15, 0.2) is 11.4 Å². The third-order valence-corrected chi connectivity index (χ3v) is 5.45. The van der Waals surface area contributed by atoms with Crippen LogP contribution in [0.1, 0.15) is 19.3 Å². The van der Waals surface area contributed by atoms with E-state index in [0.717, 1.165) is 35.3 Å². The number of furan rings is 1. The molecule has 1 aliphatic rings. The van der Waals surface area contributed by atoms with E-state index in [1.54, 1.807) is 16.9 Å². The Bertz CT molecular complexity index is 1180. The number of aliphatic hydroxyl groups excluding tert-OH is 1. The number of pyridine rings is 1. The number of nitrogens with two attached hydrogens (primary N) is 1. The lowest BCUT2D eigenvalue weighted by molar-refractivity contribution is 0.0944. The molecule has 0 radical (unpaired) electrons. The standard InChI is InChI=1S/C21H24N6O3/c1-26(7-2-8-28)21-15-11-18(30-17(15)5-6-23-21)16-12-24-19-3-4-20(25-27(16)19)29-14-9-13(22)10-14/h3-6,11-14,28H,2,7-10,22H2,1H3/t13-,14-. The maximum atomic E-state index is 9.12. The summed E-state index contributed by atoms with van der Waals surface area (Å²) in [6.45, 7) is 0.841. The van der Waals surface area contributed by atoms with Crippen molar-refractivity contribution < 1.29 is 14.3 Å². The van der Waals surface area contributed by atoms with Crippen LogP contribution >= 0.6 is 0 Å². The normalized spacial score (nSPS) is 18.6. The van der Waals surface area contributed by atoms with Crippen LogP contribution in [0.15, 0.2) is 41.1 Å². The van der Waals surface area contributed by atoms with Crippen LogP contribution in [0.2, 0.25) is 0 Å². The first-order valence-corrected chi connectivity index (χ1v) is 10.1. The zero-order valence-corrected chi connectivity index (χ0v) is 16.7. The van der Waals surface area contributed by atoms with Crippen LogP contribution in [0.5, 0.6) is 5.88 Å². The molecule has 0 unspecified atom stereocenters. The Morgan fingerprint density at radius 2 is 2.17 bits per heavy atom. The van der Waals surface area contributed by atoms with Crippen molar-refractivity contribution in [2.75, 3.05) is 25.1 Å². The average molecular weight is 408 g/mol. The highest BCUT2D eigenvalue weighted by molar-refractivity contribution is 5.91. The zero-order valence-electron chi connectivity index (χ0n) is 16.7. The minimum atomic E-state index is 0.117. The van der Waals surface area contributed by atoms with Gasteiger partial charge in [0.2, 0.25) is 5.88 Å². The number of ether oxygens (including phenoxy) is 1. The van der Waals surface area contributed by atoms with Gasteiger partial charge in [-0.3, -0.25) is 0 Å². The van der Waals surface area contributed by atoms with E-state index in [1.807, 2.05) is 36.2 Å². The van der Waals surface area contributed by atoms with E-state index < -0.39 is 0 Å². The Morgan fingerprint density at radius 1 is 1.30 bits per heavy atom. The fraction of sp³-hybridized carbons (Fsp3) is 0.381. The number of rotatable bonds is 7. The summed E-state index contributed by atoms with van der Waals surface area (Å²) in [5, 5.41) is 14.6. The van der Waals surface area contributed by atoms with Crippen molar-refractivity contribution in [1.82, 2.24) is 19.6 Å². The molecule has 4 heterocycles. The second-order valence-electron chi connectivity index (χ2n) is 7.71. The second kappa shape index (κ2) is 7.58. The van der Waals surface area contributed by atoms with E-state index in [-0.39, 0.29) is 18.8 Å². The largest absolute Gasteiger partial charge is 0.473 e. The molecule has 9 nitrogen and oxygen atoms in total. The molecule has 1 aliphatic carbocycles. The topological polar surface area (TPSA) is 115 Å². The van der Waals surface area contributed by atoms with Crippen molar-refractivity contribution in [3.63, 3.8) is 0 Å². The predicted molar refractivity (Wildman–Crippen MR) is 113 cm³/mol. The van der Waals surface area contributed by atoms with Crippen molar-refractivity contribution in [2.45, 2.75) is 31.4 Å². The van der Waals surface area contributed by atoms with Gasteiger partial charge in [-0.15, -0.1) is 5.10 Å². The molecule has 5 rings (SSSR count). The molecule has 3 N–H and O–H groups in total. The van der Waals surface area contributed by atoms with Crippen molar-refractivity contribution in [3.05, 3.63) is 36.7 Å². The van der Waals surface area contributed by atoms with E-state index in [2.05, 4.69) is 15.1 Å². The van der Waals surface area contributed by atoms with E-state index in [9.17, 15) is 0 Å². The fourth-order valence-electron chi connectivity index (χ4n) is 3.75.